The van der Waals surface area contributed by atoms with Crippen LogP contribution >= 0.6 is 15.9 Å². The molecule has 4 fully saturated rings. The van der Waals surface area contributed by atoms with Crippen molar-refractivity contribution in [3.63, 3.8) is 0 Å². The number of methoxy groups -OCH3 is 2. The lowest BCUT2D eigenvalue weighted by Crippen LogP contribution is -2.40. The Morgan fingerprint density at radius 1 is 0.342 bits per heavy atom. The summed E-state index contributed by atoms with van der Waals surface area (Å²) in [6, 6.07) is 64.9. The molecule has 0 atom stereocenters. The van der Waals surface area contributed by atoms with Crippen molar-refractivity contribution in [3.05, 3.63) is 293 Å². The first-order valence-corrected chi connectivity index (χ1v) is 44.2. The second-order valence-corrected chi connectivity index (χ2v) is 37.4. The van der Waals surface area contributed by atoms with Crippen molar-refractivity contribution in [1.29, 1.82) is 0 Å². The second kappa shape index (κ2) is 36.4. The molecule has 0 amide bonds. The Labute approximate surface area is 668 Å². The molecular formula is C86H86BrFN4O18S4. The van der Waals surface area contributed by atoms with E-state index in [-0.39, 0.29) is 31.2 Å². The summed E-state index contributed by atoms with van der Waals surface area (Å²) in [5.74, 6) is 2.14. The Bertz CT molecular complexity index is 5850. The fraction of sp³-hybridized carbons (Fsp3) is 0.302. The highest BCUT2D eigenvalue weighted by Crippen LogP contribution is 2.34. The molecule has 596 valence electrons. The number of benzene rings is 8. The predicted molar refractivity (Wildman–Crippen MR) is 437 cm³/mol. The molecule has 114 heavy (non-hydrogen) atoms. The van der Waals surface area contributed by atoms with Gasteiger partial charge in [-0.2, -0.15) is 17.2 Å². The topological polar surface area (TPSA) is 289 Å². The number of hydrogen-bond donors (Lipinski definition) is 0. The molecule has 0 bridgehead atoms. The molecule has 16 rings (SSSR count). The van der Waals surface area contributed by atoms with Gasteiger partial charge in [0.2, 0.25) is 40.1 Å². The first kappa shape index (κ1) is 82.2. The van der Waals surface area contributed by atoms with Crippen LogP contribution in [-0.2, 0) is 65.8 Å². The van der Waals surface area contributed by atoms with E-state index in [9.17, 15) is 57.2 Å². The number of nitrogens with zero attached hydrogens (tertiary/aromatic N) is 4. The summed E-state index contributed by atoms with van der Waals surface area (Å²) in [5, 5.41) is 1.85. The summed E-state index contributed by atoms with van der Waals surface area (Å²) in [6.45, 7) is 3.11. The molecule has 0 saturated carbocycles. The number of halogens is 2. The van der Waals surface area contributed by atoms with Crippen LogP contribution in [0.15, 0.2) is 279 Å². The van der Waals surface area contributed by atoms with E-state index in [2.05, 4.69) is 64.5 Å². The third-order valence-corrected chi connectivity index (χ3v) is 29.4. The van der Waals surface area contributed by atoms with Gasteiger partial charge in [0.15, 0.2) is 30.9 Å². The van der Waals surface area contributed by atoms with Gasteiger partial charge in [0.25, 0.3) is 0 Å². The third kappa shape index (κ3) is 19.6. The summed E-state index contributed by atoms with van der Waals surface area (Å²) in [4.78, 5) is 48.1. The second-order valence-electron chi connectivity index (χ2n) is 28.9. The molecule has 0 N–H and O–H groups in total. The zero-order valence-corrected chi connectivity index (χ0v) is 67.6. The number of fused-ring (bicyclic) bond motifs is 4. The zero-order valence-electron chi connectivity index (χ0n) is 62.8. The molecule has 0 aliphatic carbocycles. The van der Waals surface area contributed by atoms with Crippen LogP contribution in [0.25, 0.3) is 43.9 Å². The van der Waals surface area contributed by atoms with Crippen molar-refractivity contribution in [2.24, 2.45) is 23.7 Å². The van der Waals surface area contributed by atoms with E-state index >= 15 is 0 Å². The van der Waals surface area contributed by atoms with E-state index in [0.29, 0.717) is 115 Å². The van der Waals surface area contributed by atoms with Gasteiger partial charge < -0.3 is 27.1 Å². The molecule has 4 aromatic heterocycles. The van der Waals surface area contributed by atoms with Gasteiger partial charge in [-0.25, -0.2) is 57.2 Å². The number of sulfonamides is 4. The maximum atomic E-state index is 13.5. The maximum absolute atomic E-state index is 13.5. The molecule has 22 nitrogen and oxygen atoms in total. The van der Waals surface area contributed by atoms with Crippen LogP contribution in [0.1, 0.15) is 73.6 Å². The van der Waals surface area contributed by atoms with Gasteiger partial charge in [0.05, 0.1) is 14.2 Å². The standard InChI is InChI=1S/2C22H23NO5S.C21H20BrNO4S.C21H20FNO4S/c1-27-19-9-5-8-18-15-20(22(24)28-21(18)19)29(25,26)23-12-10-17(11-13-23)14-16-6-3-2-4-7-16;1-27-19-7-8-20-18(14-19)15-21(22(24)28-20)29(25,26)23-11-9-17(10-12-23)13-16-5-3-2-4-6-16;2*22-18-6-7-19-17(13-18)14-20(21(24)27-19)28(25,26)23-10-8-16(9-11-23)12-15-4-2-1-3-5-15/h2-9,15,17H,10-14H2,1H3;2-8,14-15,17H,9-13H2,1H3;2*1-7,13-14,16H,8-12H2. The molecule has 8 heterocycles. The van der Waals surface area contributed by atoms with Gasteiger partial charge in [-0.15, -0.1) is 0 Å². The molecule has 0 unspecified atom stereocenters. The monoisotopic (exact) mass is 1690 g/mol. The fourth-order valence-electron chi connectivity index (χ4n) is 15.1. The minimum Gasteiger partial charge on any atom is -0.497 e. The van der Waals surface area contributed by atoms with Crippen molar-refractivity contribution >= 4 is 99.9 Å². The smallest absolute Gasteiger partial charge is 0.356 e. The number of rotatable bonds is 18. The van der Waals surface area contributed by atoms with Crippen LogP contribution in [0.4, 0.5) is 4.39 Å². The highest BCUT2D eigenvalue weighted by molar-refractivity contribution is 9.10. The number of ether oxygens (including phenoxy) is 2. The van der Waals surface area contributed by atoms with Crippen LogP contribution in [0.3, 0.4) is 0 Å². The Balaban J connectivity index is 0.000000133. The Kier molecular flexibility index (Phi) is 26.2. The van der Waals surface area contributed by atoms with E-state index in [1.807, 2.05) is 72.8 Å². The average Bonchev–Trinajstić information content (AvgIpc) is 0.787. The molecule has 4 saturated heterocycles. The summed E-state index contributed by atoms with van der Waals surface area (Å²) in [7, 11) is -12.7. The molecule has 8 aromatic carbocycles. The largest absolute Gasteiger partial charge is 0.497 e. The molecular weight excluding hydrogens is 1600 g/mol. The van der Waals surface area contributed by atoms with Gasteiger partial charge in [0.1, 0.15) is 28.3 Å². The van der Waals surface area contributed by atoms with Gasteiger partial charge in [-0.3, -0.25) is 0 Å². The molecule has 4 aliphatic rings. The van der Waals surface area contributed by atoms with Crippen LogP contribution in [0.2, 0.25) is 0 Å². The third-order valence-electron chi connectivity index (χ3n) is 21.4. The molecule has 0 spiro atoms. The van der Waals surface area contributed by atoms with E-state index in [1.165, 1.54) is 84.0 Å². The van der Waals surface area contributed by atoms with E-state index in [4.69, 9.17) is 27.1 Å². The molecule has 28 heteroatoms. The van der Waals surface area contributed by atoms with Crippen LogP contribution in [-0.4, -0.2) is 117 Å². The Morgan fingerprint density at radius 3 is 0.991 bits per heavy atom. The van der Waals surface area contributed by atoms with Crippen molar-refractivity contribution in [1.82, 2.24) is 17.2 Å². The molecule has 12 aromatic rings. The van der Waals surface area contributed by atoms with Crippen molar-refractivity contribution in [3.8, 4) is 11.5 Å². The first-order chi connectivity index (χ1) is 54.8. The summed E-state index contributed by atoms with van der Waals surface area (Å²) >= 11 is 3.36. The van der Waals surface area contributed by atoms with Crippen molar-refractivity contribution in [2.75, 3.05) is 66.6 Å². The van der Waals surface area contributed by atoms with E-state index in [0.717, 1.165) is 93.7 Å². The highest BCUT2D eigenvalue weighted by atomic mass is 79.9. The molecule has 0 radical (unpaired) electrons. The predicted octanol–water partition coefficient (Wildman–Crippen LogP) is 14.7. The Hall–Kier alpha value is -9.75. The zero-order chi connectivity index (χ0) is 80.3. The van der Waals surface area contributed by atoms with Gasteiger partial charge in [-0.1, -0.05) is 149 Å². The highest BCUT2D eigenvalue weighted by Gasteiger charge is 2.37. The number of hydrogen-bond acceptors (Lipinski definition) is 18. The average molecular weight is 1690 g/mol. The summed E-state index contributed by atoms with van der Waals surface area (Å²) in [5.41, 5.74) is 2.69. The van der Waals surface area contributed by atoms with Crippen LogP contribution in [0, 0.1) is 29.5 Å². The minimum absolute atomic E-state index is 0.159. The first-order valence-electron chi connectivity index (χ1n) is 37.7. The minimum atomic E-state index is -3.99. The van der Waals surface area contributed by atoms with Crippen molar-refractivity contribution in [2.45, 2.75) is 96.6 Å². The maximum Gasteiger partial charge on any atom is 0.356 e. The Morgan fingerprint density at radius 2 is 0.649 bits per heavy atom. The van der Waals surface area contributed by atoms with Crippen molar-refractivity contribution < 1.29 is 65.2 Å². The molecule has 4 aliphatic heterocycles. The van der Waals surface area contributed by atoms with E-state index < -0.39 is 73.3 Å². The SMILES string of the molecule is COc1ccc2oc(=O)c(S(=O)(=O)N3CCC(Cc4ccccc4)CC3)cc2c1.COc1cccc2cc(S(=O)(=O)N3CCC(Cc4ccccc4)CC3)c(=O)oc12.O=c1oc2ccc(Br)cc2cc1S(=O)(=O)N1CCC(Cc2ccccc2)CC1.O=c1oc2ccc(F)cc2cc1S(=O)(=O)N1CCC(Cc2ccccc2)CC1. The number of para-hydroxylation sites is 1. The summed E-state index contributed by atoms with van der Waals surface area (Å²) < 4.78 is 156. The lowest BCUT2D eigenvalue weighted by atomic mass is 9.91. The van der Waals surface area contributed by atoms with Gasteiger partial charge in [-0.05, 0) is 208 Å². The van der Waals surface area contributed by atoms with Crippen LogP contribution < -0.4 is 32.0 Å². The normalized spacial score (nSPS) is 16.3. The van der Waals surface area contributed by atoms with E-state index in [1.54, 1.807) is 54.6 Å². The van der Waals surface area contributed by atoms with Gasteiger partial charge >= 0.3 is 22.5 Å². The lowest BCUT2D eigenvalue weighted by Gasteiger charge is -2.31. The quantitative estimate of drug-likeness (QED) is 0.0721. The van der Waals surface area contributed by atoms with Crippen LogP contribution in [0.5, 0.6) is 11.5 Å². The summed E-state index contributed by atoms with van der Waals surface area (Å²) in [6.07, 6.45) is 9.79. The van der Waals surface area contributed by atoms with Gasteiger partial charge in [0, 0.05) is 78.4 Å². The lowest BCUT2D eigenvalue weighted by molar-refractivity contribution is 0.272. The fourth-order valence-corrected chi connectivity index (χ4v) is 21.5. The number of piperidine rings is 4.